The highest BCUT2D eigenvalue weighted by atomic mass is 35.5. The standard InChI is InChI=1S/C20H19ClF2N4O2/c1-8-14-15(8)18(28)19(29)17(14)27-7-25-16-12(5-13(21)26-20(16)27)24-6-9-4-10(22)2-3-11(9)23/h2-5,7-8,14-15,17-19,28-29H,6H2,1H3,(H,24,26)/t8-,14+,15-,17-,18-,19+/m1/s1. The molecule has 3 N–H and O–H groups in total. The zero-order valence-electron chi connectivity index (χ0n) is 15.4. The summed E-state index contributed by atoms with van der Waals surface area (Å²) in [5.41, 5.74) is 1.67. The fraction of sp³-hybridized carbons (Fsp3) is 0.400. The summed E-state index contributed by atoms with van der Waals surface area (Å²) < 4.78 is 29.1. The maximum absolute atomic E-state index is 13.9. The van der Waals surface area contributed by atoms with Gasteiger partial charge in [-0.1, -0.05) is 18.5 Å². The minimum absolute atomic E-state index is 0.0401. The van der Waals surface area contributed by atoms with Gasteiger partial charge in [-0.15, -0.1) is 0 Å². The highest BCUT2D eigenvalue weighted by Crippen LogP contribution is 2.62. The van der Waals surface area contributed by atoms with Gasteiger partial charge in [-0.2, -0.15) is 0 Å². The number of nitrogens with one attached hydrogen (secondary N) is 1. The second-order valence-corrected chi connectivity index (χ2v) is 8.28. The first-order valence-corrected chi connectivity index (χ1v) is 9.81. The van der Waals surface area contributed by atoms with Gasteiger partial charge in [-0.25, -0.2) is 18.7 Å². The van der Waals surface area contributed by atoms with Crippen molar-refractivity contribution in [2.24, 2.45) is 17.8 Å². The molecular weight excluding hydrogens is 402 g/mol. The molecule has 29 heavy (non-hydrogen) atoms. The third kappa shape index (κ3) is 2.89. The van der Waals surface area contributed by atoms with Gasteiger partial charge in [0.1, 0.15) is 28.4 Å². The number of nitrogens with zero attached hydrogens (tertiary/aromatic N) is 3. The van der Waals surface area contributed by atoms with Crippen LogP contribution >= 0.6 is 11.6 Å². The molecule has 0 unspecified atom stereocenters. The van der Waals surface area contributed by atoms with Gasteiger partial charge in [0, 0.05) is 18.2 Å². The summed E-state index contributed by atoms with van der Waals surface area (Å²) in [6, 6.07) is 4.51. The molecule has 152 valence electrons. The Morgan fingerprint density at radius 3 is 2.72 bits per heavy atom. The first-order chi connectivity index (χ1) is 13.9. The van der Waals surface area contributed by atoms with Crippen molar-refractivity contribution in [1.82, 2.24) is 14.5 Å². The van der Waals surface area contributed by atoms with E-state index in [2.05, 4.69) is 22.2 Å². The van der Waals surface area contributed by atoms with Crippen LogP contribution < -0.4 is 5.32 Å². The van der Waals surface area contributed by atoms with E-state index in [4.69, 9.17) is 11.6 Å². The molecule has 3 aromatic rings. The van der Waals surface area contributed by atoms with E-state index in [1.54, 1.807) is 17.0 Å². The summed E-state index contributed by atoms with van der Waals surface area (Å²) in [4.78, 5) is 8.78. The van der Waals surface area contributed by atoms with Crippen LogP contribution in [-0.2, 0) is 6.54 Å². The van der Waals surface area contributed by atoms with E-state index >= 15 is 0 Å². The number of hydrogen-bond donors (Lipinski definition) is 3. The molecule has 9 heteroatoms. The number of hydrogen-bond acceptors (Lipinski definition) is 5. The van der Waals surface area contributed by atoms with E-state index < -0.39 is 23.8 Å². The Bertz CT molecular complexity index is 1110. The van der Waals surface area contributed by atoms with Crippen LogP contribution in [0, 0.1) is 29.4 Å². The van der Waals surface area contributed by atoms with Crippen LogP contribution in [0.3, 0.4) is 0 Å². The van der Waals surface area contributed by atoms with Gasteiger partial charge < -0.3 is 20.1 Å². The molecule has 0 spiro atoms. The molecule has 2 aliphatic carbocycles. The number of pyridine rings is 1. The van der Waals surface area contributed by atoms with Crippen molar-refractivity contribution in [3.05, 3.63) is 52.9 Å². The fourth-order valence-corrected chi connectivity index (χ4v) is 5.00. The number of aromatic nitrogens is 3. The summed E-state index contributed by atoms with van der Waals surface area (Å²) in [6.45, 7) is 2.09. The minimum Gasteiger partial charge on any atom is -0.390 e. The topological polar surface area (TPSA) is 83.2 Å². The molecule has 2 fully saturated rings. The Kier molecular flexibility index (Phi) is 4.27. The van der Waals surface area contributed by atoms with Crippen LogP contribution in [0.25, 0.3) is 11.2 Å². The summed E-state index contributed by atoms with van der Waals surface area (Å²) in [6.07, 6.45) is -0.0990. The van der Waals surface area contributed by atoms with Crippen molar-refractivity contribution in [2.75, 3.05) is 5.32 Å². The van der Waals surface area contributed by atoms with Crippen molar-refractivity contribution >= 4 is 28.5 Å². The van der Waals surface area contributed by atoms with Gasteiger partial charge in [-0.05, 0) is 36.0 Å². The first-order valence-electron chi connectivity index (χ1n) is 9.44. The van der Waals surface area contributed by atoms with E-state index in [0.29, 0.717) is 22.8 Å². The largest absolute Gasteiger partial charge is 0.390 e. The number of anilines is 1. The zero-order valence-corrected chi connectivity index (χ0v) is 16.2. The van der Waals surface area contributed by atoms with Crippen LogP contribution in [0.15, 0.2) is 30.6 Å². The predicted octanol–water partition coefficient (Wildman–Crippen LogP) is 3.13. The molecule has 0 amide bonds. The summed E-state index contributed by atoms with van der Waals surface area (Å²) in [7, 11) is 0. The van der Waals surface area contributed by atoms with Crippen molar-refractivity contribution in [3.8, 4) is 0 Å². The molecule has 5 rings (SSSR count). The van der Waals surface area contributed by atoms with Gasteiger partial charge in [0.15, 0.2) is 5.65 Å². The SMILES string of the molecule is C[C@H]1[C@H]2[C@@H](O)[C@@H](O)[C@H](n3cnc4c(NCc5cc(F)ccc5F)cc(Cl)nc43)[C@@H]12. The van der Waals surface area contributed by atoms with Crippen LogP contribution in [0.4, 0.5) is 14.5 Å². The molecule has 0 bridgehead atoms. The van der Waals surface area contributed by atoms with E-state index in [-0.39, 0.29) is 35.1 Å². The molecule has 2 aromatic heterocycles. The fourth-order valence-electron chi connectivity index (χ4n) is 4.81. The Morgan fingerprint density at radius 2 is 1.97 bits per heavy atom. The number of imidazole rings is 1. The van der Waals surface area contributed by atoms with Crippen LogP contribution in [0.2, 0.25) is 5.15 Å². The third-order valence-corrected chi connectivity index (χ3v) is 6.50. The Hall–Kier alpha value is -2.29. The lowest BCUT2D eigenvalue weighted by Gasteiger charge is -2.23. The van der Waals surface area contributed by atoms with E-state index in [9.17, 15) is 19.0 Å². The molecule has 1 aromatic carbocycles. The maximum atomic E-state index is 13.9. The van der Waals surface area contributed by atoms with Gasteiger partial charge >= 0.3 is 0 Å². The molecular formula is C20H19ClF2N4O2. The highest BCUT2D eigenvalue weighted by molar-refractivity contribution is 6.30. The average molecular weight is 421 g/mol. The summed E-state index contributed by atoms with van der Waals surface area (Å²) >= 11 is 6.20. The number of benzene rings is 1. The molecule has 6 atom stereocenters. The Morgan fingerprint density at radius 1 is 1.17 bits per heavy atom. The number of fused-ring (bicyclic) bond motifs is 2. The molecule has 2 saturated carbocycles. The van der Waals surface area contributed by atoms with Gasteiger partial charge in [0.2, 0.25) is 0 Å². The quantitative estimate of drug-likeness (QED) is 0.565. The Balaban J connectivity index is 1.49. The molecule has 2 aliphatic rings. The number of aliphatic hydroxyl groups excluding tert-OH is 2. The van der Waals surface area contributed by atoms with Gasteiger partial charge in [0.25, 0.3) is 0 Å². The number of rotatable bonds is 4. The van der Waals surface area contributed by atoms with Crippen molar-refractivity contribution < 1.29 is 19.0 Å². The lowest BCUT2D eigenvalue weighted by atomic mass is 10.0. The first kappa shape index (κ1) is 18.7. The number of aliphatic hydroxyl groups is 2. The lowest BCUT2D eigenvalue weighted by molar-refractivity contribution is -0.00221. The van der Waals surface area contributed by atoms with Gasteiger partial charge in [0.05, 0.1) is 24.2 Å². The second-order valence-electron chi connectivity index (χ2n) is 7.89. The summed E-state index contributed by atoms with van der Waals surface area (Å²) in [5, 5.41) is 24.0. The lowest BCUT2D eigenvalue weighted by Crippen LogP contribution is -2.32. The average Bonchev–Trinajstić information content (AvgIpc) is 3.02. The van der Waals surface area contributed by atoms with Gasteiger partial charge in [-0.3, -0.25) is 0 Å². The number of halogens is 3. The third-order valence-electron chi connectivity index (χ3n) is 6.30. The van der Waals surface area contributed by atoms with Crippen LogP contribution in [0.5, 0.6) is 0 Å². The predicted molar refractivity (Wildman–Crippen MR) is 103 cm³/mol. The molecule has 6 nitrogen and oxygen atoms in total. The highest BCUT2D eigenvalue weighted by Gasteiger charge is 2.65. The normalized spacial score (nSPS) is 30.6. The van der Waals surface area contributed by atoms with Crippen molar-refractivity contribution in [3.63, 3.8) is 0 Å². The molecule has 0 radical (unpaired) electrons. The van der Waals surface area contributed by atoms with E-state index in [0.717, 1.165) is 18.2 Å². The smallest absolute Gasteiger partial charge is 0.164 e. The van der Waals surface area contributed by atoms with E-state index in [1.165, 1.54) is 0 Å². The Labute approximate surface area is 170 Å². The van der Waals surface area contributed by atoms with Crippen LogP contribution in [-0.4, -0.2) is 37.0 Å². The molecule has 0 saturated heterocycles. The molecule has 2 heterocycles. The van der Waals surface area contributed by atoms with Crippen molar-refractivity contribution in [1.29, 1.82) is 0 Å². The second kappa shape index (κ2) is 6.62. The zero-order chi connectivity index (χ0) is 20.4. The van der Waals surface area contributed by atoms with Crippen molar-refractivity contribution in [2.45, 2.75) is 31.7 Å². The molecule has 0 aliphatic heterocycles. The minimum atomic E-state index is -0.905. The monoisotopic (exact) mass is 420 g/mol. The van der Waals surface area contributed by atoms with Crippen LogP contribution in [0.1, 0.15) is 18.5 Å². The maximum Gasteiger partial charge on any atom is 0.164 e. The summed E-state index contributed by atoms with van der Waals surface area (Å²) in [5.74, 6) is -0.510. The van der Waals surface area contributed by atoms with E-state index in [1.807, 2.05) is 0 Å².